The maximum absolute atomic E-state index is 13.8. The summed E-state index contributed by atoms with van der Waals surface area (Å²) in [5.74, 6) is -0.0648. The quantitative estimate of drug-likeness (QED) is 0.596. The lowest BCUT2D eigenvalue weighted by atomic mass is 10.1. The summed E-state index contributed by atoms with van der Waals surface area (Å²) in [7, 11) is 0. The molecule has 0 aliphatic heterocycles. The van der Waals surface area contributed by atoms with Crippen LogP contribution in [-0.4, -0.2) is 17.6 Å². The van der Waals surface area contributed by atoms with Crippen molar-refractivity contribution in [2.45, 2.75) is 26.7 Å². The fourth-order valence-corrected chi connectivity index (χ4v) is 2.41. The molecule has 0 fully saturated rings. The predicted molar refractivity (Wildman–Crippen MR) is 95.2 cm³/mol. The molecule has 0 bridgehead atoms. The van der Waals surface area contributed by atoms with E-state index in [0.29, 0.717) is 29.8 Å². The van der Waals surface area contributed by atoms with Gasteiger partial charge in [0.05, 0.1) is 12.2 Å². The van der Waals surface area contributed by atoms with Gasteiger partial charge in [0.1, 0.15) is 17.5 Å². The highest BCUT2D eigenvalue weighted by atomic mass is 19.1. The van der Waals surface area contributed by atoms with Crippen molar-refractivity contribution in [2.75, 3.05) is 11.9 Å². The number of ether oxygens (including phenoxy) is 1. The summed E-state index contributed by atoms with van der Waals surface area (Å²) in [6.07, 6.45) is 2.34. The van der Waals surface area contributed by atoms with E-state index in [2.05, 4.69) is 10.3 Å². The molecule has 3 N–H and O–H groups in total. The van der Waals surface area contributed by atoms with Crippen molar-refractivity contribution >= 4 is 11.8 Å². The fraction of sp³-hybridized carbons (Fsp3) is 0.263. The zero-order valence-electron chi connectivity index (χ0n) is 14.4. The number of pyridine rings is 1. The molecule has 5 nitrogen and oxygen atoms in total. The van der Waals surface area contributed by atoms with Gasteiger partial charge >= 0.3 is 5.97 Å². The highest BCUT2D eigenvalue weighted by Crippen LogP contribution is 2.15. The number of hydrogen-bond donors (Lipinski definition) is 2. The Kier molecular flexibility index (Phi) is 6.51. The minimum atomic E-state index is -0.516. The van der Waals surface area contributed by atoms with Crippen LogP contribution in [0.3, 0.4) is 0 Å². The van der Waals surface area contributed by atoms with Gasteiger partial charge in [-0.05, 0) is 42.7 Å². The van der Waals surface area contributed by atoms with Crippen LogP contribution in [0.2, 0.25) is 0 Å². The van der Waals surface area contributed by atoms with E-state index in [-0.39, 0.29) is 18.2 Å². The van der Waals surface area contributed by atoms with Crippen molar-refractivity contribution < 1.29 is 13.9 Å². The van der Waals surface area contributed by atoms with Crippen molar-refractivity contribution in [1.82, 2.24) is 4.98 Å². The van der Waals surface area contributed by atoms with Gasteiger partial charge in [-0.1, -0.05) is 25.1 Å². The average molecular weight is 343 g/mol. The van der Waals surface area contributed by atoms with Crippen LogP contribution in [-0.2, 0) is 16.0 Å². The number of carbonyl (C=O) groups excluding carboxylic acids is 1. The Balaban J connectivity index is 1.99. The second kappa shape index (κ2) is 8.82. The molecule has 25 heavy (non-hydrogen) atoms. The Hall–Kier alpha value is -2.89. The number of esters is 1. The molecule has 2 aromatic rings. The van der Waals surface area contributed by atoms with Crippen LogP contribution < -0.4 is 11.1 Å². The number of rotatable bonds is 7. The lowest BCUT2D eigenvalue weighted by Gasteiger charge is -2.12. The van der Waals surface area contributed by atoms with E-state index < -0.39 is 5.97 Å². The van der Waals surface area contributed by atoms with E-state index in [1.165, 1.54) is 6.07 Å². The average Bonchev–Trinajstić information content (AvgIpc) is 2.59. The molecular formula is C19H22FN3O2. The van der Waals surface area contributed by atoms with Crippen LogP contribution >= 0.6 is 0 Å². The van der Waals surface area contributed by atoms with Crippen molar-refractivity contribution in [1.29, 1.82) is 0 Å². The molecule has 0 radical (unpaired) electrons. The van der Waals surface area contributed by atoms with Crippen LogP contribution in [0.1, 0.15) is 24.5 Å². The van der Waals surface area contributed by atoms with Gasteiger partial charge in [0.25, 0.3) is 0 Å². The van der Waals surface area contributed by atoms with E-state index >= 15 is 0 Å². The highest BCUT2D eigenvalue weighted by molar-refractivity contribution is 5.89. The highest BCUT2D eigenvalue weighted by Gasteiger charge is 2.15. The summed E-state index contributed by atoms with van der Waals surface area (Å²) in [5, 5.41) is 2.89. The van der Waals surface area contributed by atoms with Crippen LogP contribution in [0.4, 0.5) is 10.2 Å². The summed E-state index contributed by atoms with van der Waals surface area (Å²) in [6.45, 7) is 3.72. The summed E-state index contributed by atoms with van der Waals surface area (Å²) in [5.41, 5.74) is 7.67. The number of carbonyl (C=O) groups is 1. The molecule has 1 aromatic heterocycles. The second-order valence-electron chi connectivity index (χ2n) is 5.51. The molecule has 2 rings (SSSR count). The number of nitrogens with one attached hydrogen (secondary N) is 1. The Labute approximate surface area is 146 Å². The number of anilines is 1. The monoisotopic (exact) mass is 343 g/mol. The second-order valence-corrected chi connectivity index (χ2v) is 5.51. The first kappa shape index (κ1) is 18.4. The van der Waals surface area contributed by atoms with E-state index in [1.54, 1.807) is 24.4 Å². The normalized spacial score (nSPS) is 11.6. The van der Waals surface area contributed by atoms with Crippen molar-refractivity contribution in [3.8, 4) is 0 Å². The number of aromatic nitrogens is 1. The standard InChI is InChI=1S/C19H22FN3O2/c1-3-14(18(21)23-17-9-4-5-11-22-17)19(24)25-12-10-15-13(2)7-6-8-16(15)20/h4-9,11H,3,10,12,21H2,1-2H3,(H,22,23)/b18-14+. The van der Waals surface area contributed by atoms with Gasteiger partial charge in [0.2, 0.25) is 0 Å². The lowest BCUT2D eigenvalue weighted by molar-refractivity contribution is -0.139. The fourth-order valence-electron chi connectivity index (χ4n) is 2.41. The van der Waals surface area contributed by atoms with E-state index in [4.69, 9.17) is 10.5 Å². The first-order chi connectivity index (χ1) is 12.0. The van der Waals surface area contributed by atoms with Gasteiger partial charge in [0.15, 0.2) is 0 Å². The SMILES string of the molecule is CC/C(C(=O)OCCc1c(C)cccc1F)=C(/N)Nc1ccccn1. The molecule has 0 spiro atoms. The third kappa shape index (κ3) is 5.04. The molecule has 0 aliphatic rings. The molecule has 1 aromatic carbocycles. The van der Waals surface area contributed by atoms with E-state index in [1.807, 2.05) is 26.0 Å². The molecule has 1 heterocycles. The predicted octanol–water partition coefficient (Wildman–Crippen LogP) is 3.31. The smallest absolute Gasteiger partial charge is 0.337 e. The van der Waals surface area contributed by atoms with Gasteiger partial charge in [0, 0.05) is 12.6 Å². The van der Waals surface area contributed by atoms with Crippen molar-refractivity contribution in [3.63, 3.8) is 0 Å². The lowest BCUT2D eigenvalue weighted by Crippen LogP contribution is -2.20. The van der Waals surface area contributed by atoms with Crippen LogP contribution in [0.25, 0.3) is 0 Å². The first-order valence-electron chi connectivity index (χ1n) is 8.10. The van der Waals surface area contributed by atoms with Crippen LogP contribution in [0.15, 0.2) is 54.0 Å². The Morgan fingerprint density at radius 1 is 1.28 bits per heavy atom. The van der Waals surface area contributed by atoms with Crippen LogP contribution in [0.5, 0.6) is 0 Å². The first-order valence-corrected chi connectivity index (χ1v) is 8.10. The van der Waals surface area contributed by atoms with Gasteiger partial charge in [-0.25, -0.2) is 14.2 Å². The largest absolute Gasteiger partial charge is 0.462 e. The van der Waals surface area contributed by atoms with Crippen LogP contribution in [0, 0.1) is 12.7 Å². The maximum atomic E-state index is 13.8. The molecule has 0 unspecified atom stereocenters. The third-order valence-electron chi connectivity index (χ3n) is 3.79. The Morgan fingerprint density at radius 3 is 2.72 bits per heavy atom. The third-order valence-corrected chi connectivity index (χ3v) is 3.79. The van der Waals surface area contributed by atoms with Crippen molar-refractivity contribution in [2.24, 2.45) is 5.73 Å². The molecule has 0 saturated carbocycles. The minimum absolute atomic E-state index is 0.0843. The molecular weight excluding hydrogens is 321 g/mol. The molecule has 0 saturated heterocycles. The van der Waals surface area contributed by atoms with Gasteiger partial charge < -0.3 is 15.8 Å². The zero-order chi connectivity index (χ0) is 18.2. The summed E-state index contributed by atoms with van der Waals surface area (Å²) >= 11 is 0. The van der Waals surface area contributed by atoms with E-state index in [9.17, 15) is 9.18 Å². The number of hydrogen-bond acceptors (Lipinski definition) is 5. The summed E-state index contributed by atoms with van der Waals surface area (Å²) < 4.78 is 19.0. The molecule has 6 heteroatoms. The number of nitrogens with zero attached hydrogens (tertiary/aromatic N) is 1. The minimum Gasteiger partial charge on any atom is -0.462 e. The molecule has 0 amide bonds. The van der Waals surface area contributed by atoms with E-state index in [0.717, 1.165) is 5.56 Å². The number of halogens is 1. The summed E-state index contributed by atoms with van der Waals surface area (Å²) in [6, 6.07) is 10.2. The van der Waals surface area contributed by atoms with Crippen molar-refractivity contribution in [3.05, 3.63) is 70.9 Å². The molecule has 0 atom stereocenters. The number of nitrogens with two attached hydrogens (primary N) is 1. The molecule has 0 aliphatic carbocycles. The van der Waals surface area contributed by atoms with Gasteiger partial charge in [-0.3, -0.25) is 0 Å². The maximum Gasteiger partial charge on any atom is 0.337 e. The summed E-state index contributed by atoms with van der Waals surface area (Å²) in [4.78, 5) is 16.3. The number of benzene rings is 1. The Bertz CT molecular complexity index is 740. The molecule has 132 valence electrons. The topological polar surface area (TPSA) is 77.2 Å². The van der Waals surface area contributed by atoms with Gasteiger partial charge in [-0.15, -0.1) is 0 Å². The zero-order valence-corrected chi connectivity index (χ0v) is 14.4. The number of aryl methyl sites for hydroxylation is 1. The Morgan fingerprint density at radius 2 is 2.08 bits per heavy atom. The van der Waals surface area contributed by atoms with Gasteiger partial charge in [-0.2, -0.15) is 0 Å².